The van der Waals surface area contributed by atoms with Gasteiger partial charge in [0, 0.05) is 12.8 Å². The van der Waals surface area contributed by atoms with Crippen LogP contribution >= 0.6 is 0 Å². The van der Waals surface area contributed by atoms with E-state index in [2.05, 4.69) is 50.4 Å². The van der Waals surface area contributed by atoms with Crippen molar-refractivity contribution in [2.45, 2.75) is 26.8 Å². The smallest absolute Gasteiger partial charge is 0.0666 e. The highest BCUT2D eigenvalue weighted by atomic mass is 16.5. The molecule has 15 heavy (non-hydrogen) atoms. The maximum absolute atomic E-state index is 5.20. The summed E-state index contributed by atoms with van der Waals surface area (Å²) in [7, 11) is 1.74. The summed E-state index contributed by atoms with van der Waals surface area (Å²) in [5.74, 6) is 0.561. The van der Waals surface area contributed by atoms with Crippen LogP contribution in [0.4, 0.5) is 5.69 Å². The Labute approximate surface area is 92.6 Å². The van der Waals surface area contributed by atoms with Gasteiger partial charge in [0.1, 0.15) is 0 Å². The standard InChI is InChI=1S/C13H21NO/c1-10(2)13(9-15-4)14-12-7-5-11(3)6-8-12/h5-8,10,13-14H,9H2,1-4H3. The molecule has 0 fully saturated rings. The van der Waals surface area contributed by atoms with E-state index in [0.29, 0.717) is 12.0 Å². The predicted molar refractivity (Wildman–Crippen MR) is 65.3 cm³/mol. The number of anilines is 1. The van der Waals surface area contributed by atoms with E-state index in [1.54, 1.807) is 7.11 Å². The number of nitrogens with one attached hydrogen (secondary N) is 1. The van der Waals surface area contributed by atoms with Crippen molar-refractivity contribution in [1.82, 2.24) is 0 Å². The van der Waals surface area contributed by atoms with Crippen molar-refractivity contribution in [2.75, 3.05) is 19.0 Å². The van der Waals surface area contributed by atoms with Gasteiger partial charge >= 0.3 is 0 Å². The van der Waals surface area contributed by atoms with Crippen LogP contribution in [0.3, 0.4) is 0 Å². The quantitative estimate of drug-likeness (QED) is 0.801. The van der Waals surface area contributed by atoms with Crippen LogP contribution in [0.5, 0.6) is 0 Å². The van der Waals surface area contributed by atoms with Gasteiger partial charge in [0.2, 0.25) is 0 Å². The van der Waals surface area contributed by atoms with Gasteiger partial charge in [-0.3, -0.25) is 0 Å². The van der Waals surface area contributed by atoms with Crippen molar-refractivity contribution in [1.29, 1.82) is 0 Å². The molecule has 2 nitrogen and oxygen atoms in total. The summed E-state index contributed by atoms with van der Waals surface area (Å²) < 4.78 is 5.20. The number of methoxy groups -OCH3 is 1. The van der Waals surface area contributed by atoms with Crippen molar-refractivity contribution in [3.63, 3.8) is 0 Å². The molecule has 0 saturated carbocycles. The van der Waals surface area contributed by atoms with Crippen molar-refractivity contribution < 1.29 is 4.74 Å². The van der Waals surface area contributed by atoms with Crippen LogP contribution < -0.4 is 5.32 Å². The van der Waals surface area contributed by atoms with E-state index in [1.165, 1.54) is 5.56 Å². The van der Waals surface area contributed by atoms with Gasteiger partial charge in [0.25, 0.3) is 0 Å². The molecule has 0 bridgehead atoms. The van der Waals surface area contributed by atoms with Crippen molar-refractivity contribution in [3.8, 4) is 0 Å². The number of hydrogen-bond acceptors (Lipinski definition) is 2. The van der Waals surface area contributed by atoms with Gasteiger partial charge in [-0.25, -0.2) is 0 Å². The van der Waals surface area contributed by atoms with Gasteiger partial charge in [-0.2, -0.15) is 0 Å². The van der Waals surface area contributed by atoms with E-state index in [0.717, 1.165) is 12.3 Å². The summed E-state index contributed by atoms with van der Waals surface area (Å²) >= 11 is 0. The maximum atomic E-state index is 5.20. The molecule has 0 amide bonds. The fourth-order valence-corrected chi connectivity index (χ4v) is 1.44. The molecule has 2 heteroatoms. The van der Waals surface area contributed by atoms with Gasteiger partial charge in [0.15, 0.2) is 0 Å². The summed E-state index contributed by atoms with van der Waals surface area (Å²) in [5, 5.41) is 3.48. The molecule has 1 unspecified atom stereocenters. The highest BCUT2D eigenvalue weighted by Gasteiger charge is 2.12. The third-order valence-electron chi connectivity index (χ3n) is 2.55. The highest BCUT2D eigenvalue weighted by Crippen LogP contribution is 2.13. The Hall–Kier alpha value is -1.02. The second kappa shape index (κ2) is 5.76. The normalized spacial score (nSPS) is 12.9. The molecule has 1 aromatic rings. The van der Waals surface area contributed by atoms with E-state index in [9.17, 15) is 0 Å². The van der Waals surface area contributed by atoms with Crippen LogP contribution in [0.25, 0.3) is 0 Å². The molecule has 1 rings (SSSR count). The summed E-state index contributed by atoms with van der Waals surface area (Å²) in [6.45, 7) is 7.24. The number of aryl methyl sites for hydroxylation is 1. The number of rotatable bonds is 5. The largest absolute Gasteiger partial charge is 0.383 e. The molecule has 0 aromatic heterocycles. The molecule has 1 aromatic carbocycles. The molecule has 1 atom stereocenters. The van der Waals surface area contributed by atoms with E-state index in [1.807, 2.05) is 0 Å². The maximum Gasteiger partial charge on any atom is 0.0666 e. The number of hydrogen-bond donors (Lipinski definition) is 1. The van der Waals surface area contributed by atoms with Crippen molar-refractivity contribution in [3.05, 3.63) is 29.8 Å². The lowest BCUT2D eigenvalue weighted by Gasteiger charge is -2.22. The lowest BCUT2D eigenvalue weighted by molar-refractivity contribution is 0.171. The second-order valence-corrected chi connectivity index (χ2v) is 4.32. The molecule has 0 aliphatic rings. The average Bonchev–Trinajstić information content (AvgIpc) is 2.20. The van der Waals surface area contributed by atoms with E-state index in [4.69, 9.17) is 4.74 Å². The van der Waals surface area contributed by atoms with Crippen molar-refractivity contribution in [2.24, 2.45) is 5.92 Å². The SMILES string of the molecule is COCC(Nc1ccc(C)cc1)C(C)C. The minimum Gasteiger partial charge on any atom is -0.383 e. The van der Waals surface area contributed by atoms with Crippen LogP contribution in [0.15, 0.2) is 24.3 Å². The zero-order valence-corrected chi connectivity index (χ0v) is 10.1. The summed E-state index contributed by atoms with van der Waals surface area (Å²) in [4.78, 5) is 0. The van der Waals surface area contributed by atoms with Gasteiger partial charge < -0.3 is 10.1 Å². The summed E-state index contributed by atoms with van der Waals surface area (Å²) in [6.07, 6.45) is 0. The third kappa shape index (κ3) is 3.92. The van der Waals surface area contributed by atoms with Gasteiger partial charge in [0.05, 0.1) is 12.6 Å². The monoisotopic (exact) mass is 207 g/mol. The Kier molecular flexibility index (Phi) is 4.63. The zero-order valence-electron chi connectivity index (χ0n) is 10.1. The first-order chi connectivity index (χ1) is 7.13. The highest BCUT2D eigenvalue weighted by molar-refractivity contribution is 5.45. The Morgan fingerprint density at radius 1 is 1.20 bits per heavy atom. The van der Waals surface area contributed by atoms with Crippen LogP contribution in [0, 0.1) is 12.8 Å². The van der Waals surface area contributed by atoms with E-state index < -0.39 is 0 Å². The van der Waals surface area contributed by atoms with Crippen LogP contribution in [-0.2, 0) is 4.74 Å². The van der Waals surface area contributed by atoms with Gasteiger partial charge in [-0.1, -0.05) is 31.5 Å². The topological polar surface area (TPSA) is 21.3 Å². The van der Waals surface area contributed by atoms with E-state index >= 15 is 0 Å². The molecule has 0 heterocycles. The Morgan fingerprint density at radius 3 is 2.27 bits per heavy atom. The minimum absolute atomic E-state index is 0.373. The van der Waals surface area contributed by atoms with E-state index in [-0.39, 0.29) is 0 Å². The minimum atomic E-state index is 0.373. The van der Waals surface area contributed by atoms with Crippen LogP contribution in [0.1, 0.15) is 19.4 Å². The molecule has 0 spiro atoms. The van der Waals surface area contributed by atoms with Crippen molar-refractivity contribution >= 4 is 5.69 Å². The van der Waals surface area contributed by atoms with Gasteiger partial charge in [-0.05, 0) is 25.0 Å². The predicted octanol–water partition coefficient (Wildman–Crippen LogP) is 3.08. The van der Waals surface area contributed by atoms with Crippen LogP contribution in [-0.4, -0.2) is 19.8 Å². The molecule has 0 radical (unpaired) electrons. The Morgan fingerprint density at radius 2 is 1.80 bits per heavy atom. The summed E-state index contributed by atoms with van der Waals surface area (Å²) in [5.41, 5.74) is 2.45. The molecular weight excluding hydrogens is 186 g/mol. The first-order valence-electron chi connectivity index (χ1n) is 5.45. The third-order valence-corrected chi connectivity index (χ3v) is 2.55. The average molecular weight is 207 g/mol. The molecule has 0 aliphatic carbocycles. The summed E-state index contributed by atoms with van der Waals surface area (Å²) in [6, 6.07) is 8.83. The molecular formula is C13H21NO. The fourth-order valence-electron chi connectivity index (χ4n) is 1.44. The number of ether oxygens (including phenoxy) is 1. The molecule has 0 aliphatic heterocycles. The first kappa shape index (κ1) is 12.1. The first-order valence-corrected chi connectivity index (χ1v) is 5.45. The Bertz CT molecular complexity index is 279. The van der Waals surface area contributed by atoms with Gasteiger partial charge in [-0.15, -0.1) is 0 Å². The zero-order chi connectivity index (χ0) is 11.3. The molecule has 1 N–H and O–H groups in total. The lowest BCUT2D eigenvalue weighted by Crippen LogP contribution is -2.30. The number of benzene rings is 1. The molecule has 0 saturated heterocycles. The lowest BCUT2D eigenvalue weighted by atomic mass is 10.0. The Balaban J connectivity index is 2.61. The fraction of sp³-hybridized carbons (Fsp3) is 0.538. The second-order valence-electron chi connectivity index (χ2n) is 4.32. The van der Waals surface area contributed by atoms with Crippen LogP contribution in [0.2, 0.25) is 0 Å². The molecule has 84 valence electrons.